The molecule has 2 rings (SSSR count). The van der Waals surface area contributed by atoms with Gasteiger partial charge in [0.25, 0.3) is 5.91 Å². The highest BCUT2D eigenvalue weighted by Crippen LogP contribution is 2.37. The van der Waals surface area contributed by atoms with Crippen LogP contribution < -0.4 is 14.8 Å². The average molecular weight is 489 g/mol. The molecule has 0 aromatic heterocycles. The minimum absolute atomic E-state index is 0.228. The van der Waals surface area contributed by atoms with Crippen LogP contribution in [0, 0.1) is 0 Å². The first-order valence-electron chi connectivity index (χ1n) is 14.0. The van der Waals surface area contributed by atoms with Crippen molar-refractivity contribution in [1.29, 1.82) is 0 Å². The van der Waals surface area contributed by atoms with Crippen molar-refractivity contribution in [3.8, 4) is 11.5 Å². The fourth-order valence-corrected chi connectivity index (χ4v) is 5.08. The maximum Gasteiger partial charge on any atom is 0.311 e. The number of amides is 1. The second kappa shape index (κ2) is 15.8. The van der Waals surface area contributed by atoms with Crippen LogP contribution in [0.15, 0.2) is 6.07 Å². The number of hydrogen-bond donors (Lipinski definition) is 1. The Kier molecular flexibility index (Phi) is 13.2. The summed E-state index contributed by atoms with van der Waals surface area (Å²) in [6.07, 6.45) is 12.0. The van der Waals surface area contributed by atoms with Gasteiger partial charge in [-0.3, -0.25) is 14.5 Å². The third kappa shape index (κ3) is 8.52. The highest BCUT2D eigenvalue weighted by Gasteiger charge is 2.28. The largest absolute Gasteiger partial charge is 0.495 e. The summed E-state index contributed by atoms with van der Waals surface area (Å²) in [7, 11) is 1.58. The lowest BCUT2D eigenvalue weighted by Crippen LogP contribution is -2.40. The first-order valence-corrected chi connectivity index (χ1v) is 14.0. The molecule has 1 heterocycles. The number of hydrogen-bond acceptors (Lipinski definition) is 5. The van der Waals surface area contributed by atoms with Gasteiger partial charge in [0.05, 0.1) is 7.11 Å². The molecule has 1 fully saturated rings. The van der Waals surface area contributed by atoms with Crippen LogP contribution in [-0.4, -0.2) is 49.6 Å². The standard InChI is InChI=1S/C29H48N2O4/c1-6-10-11-12-13-14-15-18-25(32)35-28-23(8-3)20-22(7-2)27(34-5)26(28)29(33)30-21-24-17-16-19-31(24)9-4/h20,24H,6-19,21H2,1-5H3,(H,30,33)/t24-/m0/s1. The summed E-state index contributed by atoms with van der Waals surface area (Å²) in [5.74, 6) is 0.376. The molecule has 1 aromatic carbocycles. The van der Waals surface area contributed by atoms with Crippen molar-refractivity contribution in [2.45, 2.75) is 111 Å². The summed E-state index contributed by atoms with van der Waals surface area (Å²) >= 11 is 0. The summed E-state index contributed by atoms with van der Waals surface area (Å²) in [5, 5.41) is 3.12. The molecule has 0 radical (unpaired) electrons. The van der Waals surface area contributed by atoms with E-state index in [0.717, 1.165) is 62.7 Å². The fraction of sp³-hybridized carbons (Fsp3) is 0.724. The number of esters is 1. The van der Waals surface area contributed by atoms with Gasteiger partial charge >= 0.3 is 5.97 Å². The quantitative estimate of drug-likeness (QED) is 0.173. The van der Waals surface area contributed by atoms with Crippen LogP contribution >= 0.6 is 0 Å². The molecule has 1 atom stereocenters. The number of methoxy groups -OCH3 is 1. The summed E-state index contributed by atoms with van der Waals surface area (Å²) in [6, 6.07) is 2.36. The SMILES string of the molecule is CCCCCCCCCC(=O)Oc1c(CC)cc(CC)c(OC)c1C(=O)NC[C@@H]1CCCN1CC. The fourth-order valence-electron chi connectivity index (χ4n) is 5.08. The van der Waals surface area contributed by atoms with E-state index >= 15 is 0 Å². The zero-order valence-electron chi connectivity index (χ0n) is 22.8. The Morgan fingerprint density at radius 3 is 2.26 bits per heavy atom. The van der Waals surface area contributed by atoms with Crippen LogP contribution in [0.1, 0.15) is 113 Å². The normalized spacial score (nSPS) is 15.9. The van der Waals surface area contributed by atoms with Crippen molar-refractivity contribution in [3.05, 3.63) is 22.8 Å². The van der Waals surface area contributed by atoms with Gasteiger partial charge < -0.3 is 14.8 Å². The molecule has 0 spiro atoms. The number of aryl methyl sites for hydroxylation is 2. The lowest BCUT2D eigenvalue weighted by molar-refractivity contribution is -0.134. The average Bonchev–Trinajstić information content (AvgIpc) is 3.33. The molecule has 35 heavy (non-hydrogen) atoms. The first kappa shape index (κ1) is 29.2. The molecular formula is C29H48N2O4. The summed E-state index contributed by atoms with van der Waals surface area (Å²) < 4.78 is 11.6. The van der Waals surface area contributed by atoms with Gasteiger partial charge in [0.15, 0.2) is 5.75 Å². The number of ether oxygens (including phenoxy) is 2. The Balaban J connectivity index is 2.16. The number of nitrogens with zero attached hydrogens (tertiary/aromatic N) is 1. The summed E-state index contributed by atoms with van der Waals surface area (Å²) in [6.45, 7) is 11.1. The Bertz CT molecular complexity index is 808. The molecule has 1 aromatic rings. The van der Waals surface area contributed by atoms with Crippen molar-refractivity contribution in [2.24, 2.45) is 0 Å². The number of benzene rings is 1. The van der Waals surface area contributed by atoms with E-state index in [1.54, 1.807) is 7.11 Å². The van der Waals surface area contributed by atoms with E-state index in [1.165, 1.54) is 25.7 Å². The van der Waals surface area contributed by atoms with Crippen LogP contribution in [0.25, 0.3) is 0 Å². The molecule has 1 N–H and O–H groups in total. The Morgan fingerprint density at radius 1 is 0.971 bits per heavy atom. The van der Waals surface area contributed by atoms with Crippen LogP contribution in [0.3, 0.4) is 0 Å². The zero-order chi connectivity index (χ0) is 25.6. The molecule has 6 nitrogen and oxygen atoms in total. The number of carbonyl (C=O) groups excluding carboxylic acids is 2. The molecule has 6 heteroatoms. The van der Waals surface area contributed by atoms with E-state index in [1.807, 2.05) is 19.9 Å². The third-order valence-corrected chi connectivity index (χ3v) is 7.18. The number of likely N-dealkylation sites (tertiary alicyclic amines) is 1. The van der Waals surface area contributed by atoms with Gasteiger partial charge in [-0.15, -0.1) is 0 Å². The van der Waals surface area contributed by atoms with E-state index < -0.39 is 0 Å². The van der Waals surface area contributed by atoms with Gasteiger partial charge in [0.1, 0.15) is 11.3 Å². The van der Waals surface area contributed by atoms with Crippen molar-refractivity contribution in [2.75, 3.05) is 26.7 Å². The highest BCUT2D eigenvalue weighted by atomic mass is 16.5. The number of carbonyl (C=O) groups is 2. The third-order valence-electron chi connectivity index (χ3n) is 7.18. The summed E-state index contributed by atoms with van der Waals surface area (Å²) in [4.78, 5) is 28.7. The predicted octanol–water partition coefficient (Wildman–Crippen LogP) is 6.08. The molecule has 0 unspecified atom stereocenters. The smallest absolute Gasteiger partial charge is 0.311 e. The second-order valence-electron chi connectivity index (χ2n) is 9.62. The van der Waals surface area contributed by atoms with E-state index in [9.17, 15) is 9.59 Å². The minimum Gasteiger partial charge on any atom is -0.495 e. The molecule has 1 saturated heterocycles. The van der Waals surface area contributed by atoms with Crippen LogP contribution in [-0.2, 0) is 17.6 Å². The molecule has 1 aliphatic rings. The van der Waals surface area contributed by atoms with Crippen LogP contribution in [0.4, 0.5) is 0 Å². The predicted molar refractivity (Wildman–Crippen MR) is 143 cm³/mol. The zero-order valence-corrected chi connectivity index (χ0v) is 22.8. The van der Waals surface area contributed by atoms with Crippen molar-refractivity contribution < 1.29 is 19.1 Å². The maximum atomic E-state index is 13.5. The number of unbranched alkanes of at least 4 members (excludes halogenated alkanes) is 6. The molecule has 1 amide bonds. The van der Waals surface area contributed by atoms with E-state index in [4.69, 9.17) is 9.47 Å². The highest BCUT2D eigenvalue weighted by molar-refractivity contribution is 6.01. The lowest BCUT2D eigenvalue weighted by Gasteiger charge is -2.24. The molecule has 198 valence electrons. The topological polar surface area (TPSA) is 67.9 Å². The van der Waals surface area contributed by atoms with Gasteiger partial charge in [0.2, 0.25) is 0 Å². The number of likely N-dealkylation sites (N-methyl/N-ethyl adjacent to an activating group) is 1. The molecular weight excluding hydrogens is 440 g/mol. The summed E-state index contributed by atoms with van der Waals surface area (Å²) in [5.41, 5.74) is 2.19. The van der Waals surface area contributed by atoms with Crippen LogP contribution in [0.5, 0.6) is 11.5 Å². The molecule has 0 saturated carbocycles. The first-order chi connectivity index (χ1) is 17.0. The molecule has 1 aliphatic heterocycles. The van der Waals surface area contributed by atoms with Crippen molar-refractivity contribution >= 4 is 11.9 Å². The lowest BCUT2D eigenvalue weighted by atomic mass is 9.98. The van der Waals surface area contributed by atoms with Gasteiger partial charge in [-0.25, -0.2) is 0 Å². The van der Waals surface area contributed by atoms with Gasteiger partial charge in [0, 0.05) is 19.0 Å². The Hall–Kier alpha value is -2.08. The van der Waals surface area contributed by atoms with E-state index in [0.29, 0.717) is 42.5 Å². The molecule has 0 aliphatic carbocycles. The second-order valence-corrected chi connectivity index (χ2v) is 9.62. The number of nitrogens with one attached hydrogen (secondary N) is 1. The van der Waals surface area contributed by atoms with Gasteiger partial charge in [-0.1, -0.05) is 66.2 Å². The Labute approximate surface area is 213 Å². The van der Waals surface area contributed by atoms with Gasteiger partial charge in [-0.2, -0.15) is 0 Å². The van der Waals surface area contributed by atoms with Crippen molar-refractivity contribution in [1.82, 2.24) is 10.2 Å². The van der Waals surface area contributed by atoms with E-state index in [-0.39, 0.29) is 11.9 Å². The number of rotatable bonds is 16. The van der Waals surface area contributed by atoms with Gasteiger partial charge in [-0.05, 0) is 62.4 Å². The minimum atomic E-state index is -0.276. The monoisotopic (exact) mass is 488 g/mol. The van der Waals surface area contributed by atoms with E-state index in [2.05, 4.69) is 24.1 Å². The van der Waals surface area contributed by atoms with Crippen LogP contribution in [0.2, 0.25) is 0 Å². The van der Waals surface area contributed by atoms with Crippen molar-refractivity contribution in [3.63, 3.8) is 0 Å². The maximum absolute atomic E-state index is 13.5. The Morgan fingerprint density at radius 2 is 1.63 bits per heavy atom. The molecule has 0 bridgehead atoms.